The second-order valence-corrected chi connectivity index (χ2v) is 6.23. The van der Waals surface area contributed by atoms with E-state index in [2.05, 4.69) is 30.9 Å². The van der Waals surface area contributed by atoms with Crippen molar-refractivity contribution in [1.29, 1.82) is 0 Å². The predicted octanol–water partition coefficient (Wildman–Crippen LogP) is 2.40. The summed E-state index contributed by atoms with van der Waals surface area (Å²) >= 11 is 0. The molecule has 0 saturated heterocycles. The van der Waals surface area contributed by atoms with E-state index in [1.165, 1.54) is 11.1 Å². The van der Waals surface area contributed by atoms with Crippen molar-refractivity contribution in [2.75, 3.05) is 12.8 Å². The first-order chi connectivity index (χ1) is 8.52. The quantitative estimate of drug-likeness (QED) is 0.814. The van der Waals surface area contributed by atoms with Crippen LogP contribution in [0.3, 0.4) is 0 Å². The lowest BCUT2D eigenvalue weighted by atomic mass is 9.64. The van der Waals surface area contributed by atoms with E-state index in [0.29, 0.717) is 12.1 Å². The van der Waals surface area contributed by atoms with Gasteiger partial charge < -0.3 is 10.5 Å². The molecule has 2 N–H and O–H groups in total. The maximum atomic E-state index is 5.86. The molecule has 1 saturated carbocycles. The Morgan fingerprint density at radius 2 is 2.00 bits per heavy atom. The van der Waals surface area contributed by atoms with Crippen molar-refractivity contribution >= 4 is 5.69 Å². The van der Waals surface area contributed by atoms with Crippen molar-refractivity contribution < 1.29 is 4.74 Å². The molecule has 0 aromatic heterocycles. The van der Waals surface area contributed by atoms with Crippen LogP contribution in [0.4, 0.5) is 5.69 Å². The number of hydrogen-bond acceptors (Lipinski definition) is 3. The molecule has 1 aromatic carbocycles. The normalized spacial score (nSPS) is 29.9. The molecule has 18 heavy (non-hydrogen) atoms. The van der Waals surface area contributed by atoms with Gasteiger partial charge in [-0.15, -0.1) is 0 Å². The van der Waals surface area contributed by atoms with Crippen LogP contribution in [-0.4, -0.2) is 24.2 Å². The van der Waals surface area contributed by atoms with Gasteiger partial charge in [0.25, 0.3) is 0 Å². The maximum Gasteiger partial charge on any atom is 0.0652 e. The molecule has 0 radical (unpaired) electrons. The van der Waals surface area contributed by atoms with Crippen LogP contribution in [0.5, 0.6) is 0 Å². The highest BCUT2D eigenvalue weighted by Gasteiger charge is 2.51. The van der Waals surface area contributed by atoms with Crippen LogP contribution in [-0.2, 0) is 17.8 Å². The Balaban J connectivity index is 1.75. The summed E-state index contributed by atoms with van der Waals surface area (Å²) in [4.78, 5) is 2.57. The minimum absolute atomic E-state index is 0.252. The second-order valence-electron chi connectivity index (χ2n) is 6.23. The van der Waals surface area contributed by atoms with E-state index < -0.39 is 0 Å². The molecule has 1 fully saturated rings. The Bertz CT molecular complexity index is 470. The van der Waals surface area contributed by atoms with Crippen molar-refractivity contribution in [3.63, 3.8) is 0 Å². The highest BCUT2D eigenvalue weighted by atomic mass is 16.5. The summed E-state index contributed by atoms with van der Waals surface area (Å²) in [7, 11) is 1.82. The van der Waals surface area contributed by atoms with Gasteiger partial charge in [0, 0.05) is 37.3 Å². The Morgan fingerprint density at radius 3 is 2.67 bits per heavy atom. The standard InChI is InChI=1S/C15H22N2O/c1-15(2)13(7-14(15)18-3)17-8-10-4-5-12(16)6-11(10)9-17/h4-6,13-14H,7-9,16H2,1-3H3. The van der Waals surface area contributed by atoms with Crippen molar-refractivity contribution in [2.45, 2.75) is 45.5 Å². The Morgan fingerprint density at radius 1 is 1.28 bits per heavy atom. The molecule has 0 bridgehead atoms. The number of nitrogens with two attached hydrogens (primary N) is 1. The molecule has 1 aliphatic heterocycles. The summed E-state index contributed by atoms with van der Waals surface area (Å²) in [5, 5.41) is 0. The number of hydrogen-bond donors (Lipinski definition) is 1. The molecule has 2 aliphatic rings. The first-order valence-corrected chi connectivity index (χ1v) is 6.66. The monoisotopic (exact) mass is 246 g/mol. The number of nitrogen functional groups attached to an aromatic ring is 1. The minimum Gasteiger partial charge on any atom is -0.399 e. The van der Waals surface area contributed by atoms with Gasteiger partial charge in [-0.25, -0.2) is 0 Å². The van der Waals surface area contributed by atoms with Gasteiger partial charge in [-0.2, -0.15) is 0 Å². The molecule has 3 nitrogen and oxygen atoms in total. The van der Waals surface area contributed by atoms with Crippen molar-refractivity contribution in [3.8, 4) is 0 Å². The van der Waals surface area contributed by atoms with Gasteiger partial charge in [0.05, 0.1) is 6.10 Å². The number of anilines is 1. The molecule has 0 amide bonds. The van der Waals surface area contributed by atoms with Crippen LogP contribution >= 0.6 is 0 Å². The van der Waals surface area contributed by atoms with Gasteiger partial charge in [-0.3, -0.25) is 4.90 Å². The summed E-state index contributed by atoms with van der Waals surface area (Å²) in [5.41, 5.74) is 9.81. The molecular weight excluding hydrogens is 224 g/mol. The number of rotatable bonds is 2. The number of nitrogens with zero attached hydrogens (tertiary/aromatic N) is 1. The topological polar surface area (TPSA) is 38.5 Å². The molecule has 0 spiro atoms. The molecule has 98 valence electrons. The predicted molar refractivity (Wildman–Crippen MR) is 73.1 cm³/mol. The number of methoxy groups -OCH3 is 1. The van der Waals surface area contributed by atoms with Gasteiger partial charge >= 0.3 is 0 Å². The number of ether oxygens (including phenoxy) is 1. The zero-order valence-corrected chi connectivity index (χ0v) is 11.4. The molecule has 1 heterocycles. The van der Waals surface area contributed by atoms with Crippen LogP contribution in [0.15, 0.2) is 18.2 Å². The third-order valence-electron chi connectivity index (χ3n) is 4.83. The maximum absolute atomic E-state index is 5.86. The summed E-state index contributed by atoms with van der Waals surface area (Å²) in [6, 6.07) is 6.92. The lowest BCUT2D eigenvalue weighted by Crippen LogP contribution is -2.60. The average molecular weight is 246 g/mol. The first kappa shape index (κ1) is 12.0. The third kappa shape index (κ3) is 1.65. The van der Waals surface area contributed by atoms with Crippen molar-refractivity contribution in [3.05, 3.63) is 29.3 Å². The zero-order valence-electron chi connectivity index (χ0n) is 11.4. The van der Waals surface area contributed by atoms with Crippen LogP contribution in [0.25, 0.3) is 0 Å². The molecule has 1 aliphatic carbocycles. The van der Waals surface area contributed by atoms with Crippen LogP contribution in [0, 0.1) is 5.41 Å². The van der Waals surface area contributed by atoms with Gasteiger partial charge in [0.2, 0.25) is 0 Å². The van der Waals surface area contributed by atoms with Gasteiger partial charge in [0.15, 0.2) is 0 Å². The van der Waals surface area contributed by atoms with Gasteiger partial charge in [0.1, 0.15) is 0 Å². The van der Waals surface area contributed by atoms with E-state index in [9.17, 15) is 0 Å². The molecule has 3 rings (SSSR count). The third-order valence-corrected chi connectivity index (χ3v) is 4.83. The summed E-state index contributed by atoms with van der Waals surface area (Å²) in [5.74, 6) is 0. The molecular formula is C15H22N2O. The fraction of sp³-hybridized carbons (Fsp3) is 0.600. The van der Waals surface area contributed by atoms with Crippen molar-refractivity contribution in [2.24, 2.45) is 5.41 Å². The van der Waals surface area contributed by atoms with E-state index in [-0.39, 0.29) is 5.41 Å². The lowest BCUT2D eigenvalue weighted by molar-refractivity contribution is -0.139. The van der Waals surface area contributed by atoms with Gasteiger partial charge in [-0.05, 0) is 29.7 Å². The van der Waals surface area contributed by atoms with Crippen LogP contribution in [0.2, 0.25) is 0 Å². The van der Waals surface area contributed by atoms with Crippen LogP contribution in [0.1, 0.15) is 31.4 Å². The van der Waals surface area contributed by atoms with Crippen molar-refractivity contribution in [1.82, 2.24) is 4.90 Å². The fourth-order valence-electron chi connectivity index (χ4n) is 3.55. The Hall–Kier alpha value is -1.06. The number of fused-ring (bicyclic) bond motifs is 1. The lowest BCUT2D eigenvalue weighted by Gasteiger charge is -2.54. The van der Waals surface area contributed by atoms with E-state index in [4.69, 9.17) is 10.5 Å². The largest absolute Gasteiger partial charge is 0.399 e. The van der Waals surface area contributed by atoms with Crippen LogP contribution < -0.4 is 5.73 Å². The average Bonchev–Trinajstić information content (AvgIpc) is 2.70. The van der Waals surface area contributed by atoms with Gasteiger partial charge in [-0.1, -0.05) is 19.9 Å². The highest BCUT2D eigenvalue weighted by Crippen LogP contribution is 2.47. The van der Waals surface area contributed by atoms with E-state index in [1.54, 1.807) is 0 Å². The molecule has 3 heteroatoms. The zero-order chi connectivity index (χ0) is 12.9. The number of benzene rings is 1. The van der Waals surface area contributed by atoms with E-state index in [0.717, 1.165) is 25.2 Å². The summed E-state index contributed by atoms with van der Waals surface area (Å²) in [6.45, 7) is 6.71. The SMILES string of the molecule is COC1CC(N2Cc3ccc(N)cc3C2)C1(C)C. The minimum atomic E-state index is 0.252. The fourth-order valence-corrected chi connectivity index (χ4v) is 3.55. The highest BCUT2D eigenvalue weighted by molar-refractivity contribution is 5.46. The molecule has 2 unspecified atom stereocenters. The Labute approximate surface area is 109 Å². The van der Waals surface area contributed by atoms with E-state index in [1.807, 2.05) is 13.2 Å². The molecule has 2 atom stereocenters. The Kier molecular flexibility index (Phi) is 2.65. The summed E-state index contributed by atoms with van der Waals surface area (Å²) in [6.07, 6.45) is 1.55. The molecule has 1 aromatic rings. The summed E-state index contributed by atoms with van der Waals surface area (Å²) < 4.78 is 5.54. The smallest absolute Gasteiger partial charge is 0.0652 e. The van der Waals surface area contributed by atoms with E-state index >= 15 is 0 Å². The second kappa shape index (κ2) is 3.97. The first-order valence-electron chi connectivity index (χ1n) is 6.66.